The fraction of sp³-hybridized carbons (Fsp3) is 0.147. The Morgan fingerprint density at radius 3 is 2.44 bits per heavy atom. The molecule has 3 heterocycles. The number of pyridine rings is 3. The minimum atomic E-state index is -0.0579. The number of aromatic nitrogens is 3. The van der Waals surface area contributed by atoms with Crippen molar-refractivity contribution in [2.75, 3.05) is 0 Å². The Hall–Kier alpha value is -4.77. The van der Waals surface area contributed by atoms with Crippen LogP contribution in [-0.2, 0) is 12.8 Å². The van der Waals surface area contributed by atoms with Crippen molar-refractivity contribution in [1.82, 2.24) is 15.0 Å². The number of nitrogens with one attached hydrogen (secondary N) is 1. The molecule has 6 rings (SSSR count). The molecule has 0 saturated heterocycles. The minimum Gasteiger partial charge on any atom is -0.507 e. The first-order chi connectivity index (χ1) is 19.1. The molecule has 0 bridgehead atoms. The largest absolute Gasteiger partial charge is 0.507 e. The van der Waals surface area contributed by atoms with E-state index in [1.165, 1.54) is 30.0 Å². The van der Waals surface area contributed by atoms with Gasteiger partial charge in [0.05, 0.1) is 11.4 Å². The molecule has 39 heavy (non-hydrogen) atoms. The number of phenols is 1. The van der Waals surface area contributed by atoms with E-state index in [1.807, 2.05) is 31.2 Å². The van der Waals surface area contributed by atoms with Gasteiger partial charge in [-0.1, -0.05) is 42.5 Å². The van der Waals surface area contributed by atoms with Crippen molar-refractivity contribution in [3.05, 3.63) is 123 Å². The molecule has 5 heteroatoms. The molecular weight excluding hydrogens is 482 g/mol. The highest BCUT2D eigenvalue weighted by molar-refractivity contribution is 5.82. The number of fused-ring (bicyclic) bond motifs is 1. The van der Waals surface area contributed by atoms with Crippen molar-refractivity contribution in [3.8, 4) is 39.4 Å². The topological polar surface area (TPSA) is 78.9 Å². The second-order valence-electron chi connectivity index (χ2n) is 10.1. The van der Waals surface area contributed by atoms with Crippen LogP contribution in [0.4, 0.5) is 0 Å². The lowest BCUT2D eigenvalue weighted by Gasteiger charge is -2.15. The molecule has 0 radical (unpaired) electrons. The molecule has 0 spiro atoms. The van der Waals surface area contributed by atoms with E-state index >= 15 is 0 Å². The fourth-order valence-corrected chi connectivity index (χ4v) is 5.34. The second kappa shape index (κ2) is 10.5. The molecule has 0 atom stereocenters. The number of aromatic amines is 1. The van der Waals surface area contributed by atoms with Crippen LogP contribution in [0.15, 0.2) is 90.2 Å². The molecule has 3 aromatic heterocycles. The molecule has 5 nitrogen and oxygen atoms in total. The normalized spacial score (nSPS) is 12.9. The van der Waals surface area contributed by atoms with Gasteiger partial charge in [-0.2, -0.15) is 0 Å². The quantitative estimate of drug-likeness (QED) is 0.261. The Bertz CT molecular complexity index is 1770. The lowest BCUT2D eigenvalue weighted by atomic mass is 9.90. The fourth-order valence-electron chi connectivity index (χ4n) is 5.34. The molecule has 0 unspecified atom stereocenters. The van der Waals surface area contributed by atoms with Gasteiger partial charge in [0.15, 0.2) is 5.43 Å². The third kappa shape index (κ3) is 5.04. The van der Waals surface area contributed by atoms with Crippen LogP contribution in [0.3, 0.4) is 0 Å². The summed E-state index contributed by atoms with van der Waals surface area (Å²) in [5.41, 5.74) is 10.2. The minimum absolute atomic E-state index is 0.0579. The predicted molar refractivity (Wildman–Crippen MR) is 157 cm³/mol. The maximum absolute atomic E-state index is 12.5. The number of benzene rings is 2. The smallest absolute Gasteiger partial charge is 0.189 e. The van der Waals surface area contributed by atoms with E-state index in [0.717, 1.165) is 52.0 Å². The van der Waals surface area contributed by atoms with Crippen LogP contribution in [0.25, 0.3) is 45.8 Å². The van der Waals surface area contributed by atoms with Crippen molar-refractivity contribution < 1.29 is 5.11 Å². The Kier molecular flexibility index (Phi) is 6.64. The SMILES string of the molecule is Cc1cc(-c2ncc(-c3c[nH]ccc3=O)cc2/C=C/c2ccc3c(c2)CCCC3)cnc1-c1ccccc1O. The maximum atomic E-state index is 12.5. The van der Waals surface area contributed by atoms with E-state index < -0.39 is 0 Å². The average Bonchev–Trinajstić information content (AvgIpc) is 2.96. The zero-order valence-electron chi connectivity index (χ0n) is 21.8. The molecule has 1 aliphatic rings. The zero-order chi connectivity index (χ0) is 26.8. The molecule has 2 N–H and O–H groups in total. The van der Waals surface area contributed by atoms with Crippen molar-refractivity contribution in [2.24, 2.45) is 0 Å². The van der Waals surface area contributed by atoms with Gasteiger partial charge in [0, 0.05) is 58.7 Å². The summed E-state index contributed by atoms with van der Waals surface area (Å²) >= 11 is 0. The maximum Gasteiger partial charge on any atom is 0.189 e. The number of phenolic OH excluding ortho intramolecular Hbond substituents is 1. The molecule has 5 aromatic rings. The lowest BCUT2D eigenvalue weighted by Crippen LogP contribution is -2.03. The van der Waals surface area contributed by atoms with E-state index in [0.29, 0.717) is 11.1 Å². The van der Waals surface area contributed by atoms with Gasteiger partial charge in [0.1, 0.15) is 5.75 Å². The van der Waals surface area contributed by atoms with Gasteiger partial charge < -0.3 is 10.1 Å². The van der Waals surface area contributed by atoms with Gasteiger partial charge in [-0.05, 0) is 79.1 Å². The number of nitrogens with zero attached hydrogens (tertiary/aromatic N) is 2. The van der Waals surface area contributed by atoms with Crippen LogP contribution in [0, 0.1) is 6.92 Å². The third-order valence-electron chi connectivity index (χ3n) is 7.39. The number of hydrogen-bond acceptors (Lipinski definition) is 4. The number of aromatic hydroxyl groups is 1. The first-order valence-corrected chi connectivity index (χ1v) is 13.3. The highest BCUT2D eigenvalue weighted by Crippen LogP contribution is 2.33. The summed E-state index contributed by atoms with van der Waals surface area (Å²) in [6.45, 7) is 1.98. The summed E-state index contributed by atoms with van der Waals surface area (Å²) in [4.78, 5) is 25.1. The van der Waals surface area contributed by atoms with Gasteiger partial charge >= 0.3 is 0 Å². The monoisotopic (exact) mass is 511 g/mol. The molecule has 192 valence electrons. The molecule has 0 aliphatic heterocycles. The Morgan fingerprint density at radius 2 is 1.62 bits per heavy atom. The number of hydrogen-bond donors (Lipinski definition) is 2. The summed E-state index contributed by atoms with van der Waals surface area (Å²) in [7, 11) is 0. The van der Waals surface area contributed by atoms with Gasteiger partial charge in [0.2, 0.25) is 0 Å². The van der Waals surface area contributed by atoms with Crippen molar-refractivity contribution in [1.29, 1.82) is 0 Å². The summed E-state index contributed by atoms with van der Waals surface area (Å²) in [6.07, 6.45) is 15.8. The number of para-hydroxylation sites is 1. The van der Waals surface area contributed by atoms with E-state index in [4.69, 9.17) is 9.97 Å². The first-order valence-electron chi connectivity index (χ1n) is 13.3. The van der Waals surface area contributed by atoms with Crippen molar-refractivity contribution >= 4 is 12.2 Å². The number of aryl methyl sites for hydroxylation is 3. The Labute approximate surface area is 227 Å². The van der Waals surface area contributed by atoms with Gasteiger partial charge in [0.25, 0.3) is 0 Å². The van der Waals surface area contributed by atoms with E-state index in [1.54, 1.807) is 36.9 Å². The van der Waals surface area contributed by atoms with Crippen molar-refractivity contribution in [2.45, 2.75) is 32.6 Å². The first kappa shape index (κ1) is 24.6. The molecule has 1 aliphatic carbocycles. The van der Waals surface area contributed by atoms with Crippen LogP contribution in [0.2, 0.25) is 0 Å². The molecule has 0 fully saturated rings. The standard InChI is InChI=1S/C34H29N3O2/c1-22-16-28(20-36-33(22)29-8-4-5-9-31(29)38)34-26(18-27(19-37-34)30-21-35-15-14-32(30)39)13-11-23-10-12-24-6-2-3-7-25(24)17-23/h4-5,8-21,38H,2-3,6-7H2,1H3,(H,35,39)/b13-11+. The summed E-state index contributed by atoms with van der Waals surface area (Å²) < 4.78 is 0. The van der Waals surface area contributed by atoms with E-state index in [2.05, 4.69) is 35.3 Å². The summed E-state index contributed by atoms with van der Waals surface area (Å²) in [5.74, 6) is 0.199. The van der Waals surface area contributed by atoms with Crippen LogP contribution in [0.1, 0.15) is 40.7 Å². The van der Waals surface area contributed by atoms with E-state index in [9.17, 15) is 9.90 Å². The van der Waals surface area contributed by atoms with Crippen LogP contribution in [-0.4, -0.2) is 20.1 Å². The van der Waals surface area contributed by atoms with Gasteiger partial charge in [-0.15, -0.1) is 0 Å². The van der Waals surface area contributed by atoms with Gasteiger partial charge in [-0.25, -0.2) is 0 Å². The van der Waals surface area contributed by atoms with Crippen LogP contribution >= 0.6 is 0 Å². The molecule has 0 saturated carbocycles. The van der Waals surface area contributed by atoms with Crippen molar-refractivity contribution in [3.63, 3.8) is 0 Å². The van der Waals surface area contributed by atoms with Crippen LogP contribution < -0.4 is 5.43 Å². The Balaban J connectivity index is 1.43. The number of H-pyrrole nitrogens is 1. The highest BCUT2D eigenvalue weighted by Gasteiger charge is 2.14. The second-order valence-corrected chi connectivity index (χ2v) is 10.1. The van der Waals surface area contributed by atoms with Crippen LogP contribution in [0.5, 0.6) is 5.75 Å². The molecule has 0 amide bonds. The predicted octanol–water partition coefficient (Wildman–Crippen LogP) is 7.23. The van der Waals surface area contributed by atoms with Gasteiger partial charge in [-0.3, -0.25) is 14.8 Å². The van der Waals surface area contributed by atoms with E-state index in [-0.39, 0.29) is 11.2 Å². The molecule has 2 aromatic carbocycles. The lowest BCUT2D eigenvalue weighted by molar-refractivity contribution is 0.477. The highest BCUT2D eigenvalue weighted by atomic mass is 16.3. The summed E-state index contributed by atoms with van der Waals surface area (Å²) in [6, 6.07) is 19.5. The molecular formula is C34H29N3O2. The Morgan fingerprint density at radius 1 is 0.821 bits per heavy atom. The summed E-state index contributed by atoms with van der Waals surface area (Å²) in [5, 5.41) is 10.3. The third-order valence-corrected chi connectivity index (χ3v) is 7.39. The number of rotatable bonds is 5. The average molecular weight is 512 g/mol. The zero-order valence-corrected chi connectivity index (χ0v) is 21.8.